The third-order valence-electron chi connectivity index (χ3n) is 8.09. The van der Waals surface area contributed by atoms with Crippen LogP contribution in [-0.2, 0) is 13.1 Å². The first-order valence-electron chi connectivity index (χ1n) is 14.9. The predicted octanol–water partition coefficient (Wildman–Crippen LogP) is 3.76. The number of amides is 2. The van der Waals surface area contributed by atoms with E-state index in [-0.39, 0.29) is 28.8 Å². The van der Waals surface area contributed by atoms with Gasteiger partial charge >= 0.3 is 5.95 Å². The molecule has 3 aromatic carbocycles. The van der Waals surface area contributed by atoms with Crippen molar-refractivity contribution in [2.75, 3.05) is 12.3 Å². The largest absolute Gasteiger partial charge is 1.00 e. The molecule has 0 saturated heterocycles. The number of rotatable bonds is 15. The monoisotopic (exact) mass is 616 g/mol. The van der Waals surface area contributed by atoms with Crippen molar-refractivity contribution in [3.05, 3.63) is 95.6 Å². The normalized spacial score (nSPS) is 12.6. The summed E-state index contributed by atoms with van der Waals surface area (Å²) >= 11 is 0. The highest BCUT2D eigenvalue weighted by atomic mass is 79.9. The Bertz CT molecular complexity index is 1410. The number of carbonyl (C=O) groups is 2. The van der Waals surface area contributed by atoms with Gasteiger partial charge in [0.25, 0.3) is 11.8 Å². The fourth-order valence-corrected chi connectivity index (χ4v) is 5.88. The highest BCUT2D eigenvalue weighted by Crippen LogP contribution is 2.23. The molecule has 0 bridgehead atoms. The van der Waals surface area contributed by atoms with E-state index in [2.05, 4.69) is 57.7 Å². The molecular weight excluding hydrogens is 576 g/mol. The summed E-state index contributed by atoms with van der Waals surface area (Å²) in [5.74, 6) is 0.548. The maximum atomic E-state index is 12.4. The number of aromatic nitrogens is 2. The van der Waals surface area contributed by atoms with Gasteiger partial charge in [0.05, 0.1) is 24.2 Å². The Hall–Kier alpha value is -3.45. The van der Waals surface area contributed by atoms with Crippen LogP contribution in [0.15, 0.2) is 78.9 Å². The fraction of sp³-hybridized carbons (Fsp3) is 0.382. The average molecular weight is 618 g/mol. The van der Waals surface area contributed by atoms with Crippen molar-refractivity contribution in [3.63, 3.8) is 0 Å². The van der Waals surface area contributed by atoms with Crippen LogP contribution < -0.4 is 27.3 Å². The number of para-hydroxylation sites is 2. The van der Waals surface area contributed by atoms with Crippen LogP contribution >= 0.6 is 0 Å². The molecule has 0 unspecified atom stereocenters. The van der Waals surface area contributed by atoms with Crippen LogP contribution in [0.5, 0.6) is 0 Å². The number of carbonyl (C=O) groups excluding carboxylic acids is 2. The molecule has 2 N–H and O–H groups in total. The van der Waals surface area contributed by atoms with Crippen molar-refractivity contribution in [1.82, 2.24) is 9.47 Å². The van der Waals surface area contributed by atoms with Gasteiger partial charge in [0.1, 0.15) is 11.0 Å². The molecule has 0 saturated carbocycles. The number of benzene rings is 3. The lowest BCUT2D eigenvalue weighted by molar-refractivity contribution is -0.648. The molecule has 41 heavy (non-hydrogen) atoms. The number of hydrogen-bond acceptors (Lipinski definition) is 3. The molecule has 0 radical (unpaired) electrons. The number of aryl methyl sites for hydroxylation is 1. The van der Waals surface area contributed by atoms with Gasteiger partial charge in [-0.25, -0.2) is 9.13 Å². The Morgan fingerprint density at radius 1 is 0.585 bits per heavy atom. The van der Waals surface area contributed by atoms with Gasteiger partial charge in [0.15, 0.2) is 0 Å². The maximum absolute atomic E-state index is 12.4. The minimum absolute atomic E-state index is 0. The van der Waals surface area contributed by atoms with Gasteiger partial charge in [0, 0.05) is 6.54 Å². The van der Waals surface area contributed by atoms with Gasteiger partial charge in [-0.2, -0.15) is 0 Å². The summed E-state index contributed by atoms with van der Waals surface area (Å²) < 4.78 is 4.50. The molecule has 6 nitrogen and oxygen atoms in total. The lowest BCUT2D eigenvalue weighted by atomic mass is 10.1. The van der Waals surface area contributed by atoms with Gasteiger partial charge in [-0.05, 0) is 42.7 Å². The van der Waals surface area contributed by atoms with Gasteiger partial charge in [-0.15, -0.1) is 0 Å². The first-order chi connectivity index (χ1) is 19.6. The summed E-state index contributed by atoms with van der Waals surface area (Å²) in [4.78, 5) is 26.3. The number of unbranched alkanes of at least 4 members (excludes halogenated alkanes) is 9. The third kappa shape index (κ3) is 7.25. The van der Waals surface area contributed by atoms with Crippen LogP contribution in [0.1, 0.15) is 90.5 Å². The zero-order chi connectivity index (χ0) is 27.7. The third-order valence-corrected chi connectivity index (χ3v) is 8.09. The number of nitrogen functional groups attached to an aromatic ring is 1. The number of halogens is 1. The first-order valence-corrected chi connectivity index (χ1v) is 14.9. The van der Waals surface area contributed by atoms with Gasteiger partial charge in [0.2, 0.25) is 0 Å². The van der Waals surface area contributed by atoms with E-state index in [0.717, 1.165) is 44.7 Å². The number of nitrogens with zero attached hydrogens (tertiary/aromatic N) is 3. The van der Waals surface area contributed by atoms with Gasteiger partial charge in [-0.1, -0.05) is 106 Å². The first kappa shape index (κ1) is 30.5. The number of nitrogens with two attached hydrogens (primary N) is 1. The summed E-state index contributed by atoms with van der Waals surface area (Å²) in [7, 11) is 0. The molecule has 2 heterocycles. The zero-order valence-corrected chi connectivity index (χ0v) is 25.4. The van der Waals surface area contributed by atoms with Crippen LogP contribution in [0.2, 0.25) is 0 Å². The fourth-order valence-electron chi connectivity index (χ4n) is 5.88. The highest BCUT2D eigenvalue weighted by Gasteiger charge is 2.34. The Kier molecular flexibility index (Phi) is 11.1. The molecule has 0 aliphatic carbocycles. The molecular formula is C34H41BrN4O2. The average Bonchev–Trinajstić information content (AvgIpc) is 3.39. The summed E-state index contributed by atoms with van der Waals surface area (Å²) in [6, 6.07) is 26.1. The van der Waals surface area contributed by atoms with E-state index in [1.165, 1.54) is 60.0 Å². The number of hydrogen-bond donors (Lipinski definition) is 1. The Morgan fingerprint density at radius 2 is 1.07 bits per heavy atom. The van der Waals surface area contributed by atoms with Crippen LogP contribution in [0.3, 0.4) is 0 Å². The lowest BCUT2D eigenvalue weighted by Gasteiger charge is -2.13. The number of imidazole rings is 1. The second-order valence-electron chi connectivity index (χ2n) is 10.9. The Balaban J connectivity index is 0.00000387. The molecule has 0 spiro atoms. The summed E-state index contributed by atoms with van der Waals surface area (Å²) in [5, 5.41) is 0. The van der Waals surface area contributed by atoms with E-state index in [0.29, 0.717) is 17.7 Å². The predicted molar refractivity (Wildman–Crippen MR) is 160 cm³/mol. The molecule has 1 aromatic heterocycles. The second kappa shape index (κ2) is 15.0. The molecule has 1 aliphatic rings. The molecule has 4 aromatic rings. The molecule has 216 valence electrons. The summed E-state index contributed by atoms with van der Waals surface area (Å²) in [6.07, 6.45) is 11.7. The minimum Gasteiger partial charge on any atom is -1.00 e. The van der Waals surface area contributed by atoms with Gasteiger partial charge < -0.3 is 17.0 Å². The van der Waals surface area contributed by atoms with Crippen molar-refractivity contribution in [1.29, 1.82) is 0 Å². The maximum Gasteiger partial charge on any atom is 0.356 e. The highest BCUT2D eigenvalue weighted by molar-refractivity contribution is 6.21. The zero-order valence-electron chi connectivity index (χ0n) is 23.8. The molecule has 7 heteroatoms. The van der Waals surface area contributed by atoms with Crippen molar-refractivity contribution in [3.8, 4) is 0 Å². The Labute approximate surface area is 253 Å². The Morgan fingerprint density at radius 3 is 1.68 bits per heavy atom. The van der Waals surface area contributed by atoms with E-state index in [1.807, 2.05) is 18.2 Å². The molecule has 1 aliphatic heterocycles. The molecule has 0 fully saturated rings. The minimum atomic E-state index is -0.139. The topological polar surface area (TPSA) is 72.2 Å². The number of anilines is 1. The van der Waals surface area contributed by atoms with E-state index >= 15 is 0 Å². The van der Waals surface area contributed by atoms with Crippen molar-refractivity contribution in [2.24, 2.45) is 0 Å². The smallest absolute Gasteiger partial charge is 0.356 e. The quantitative estimate of drug-likeness (QED) is 0.126. The molecule has 5 rings (SSSR count). The van der Waals surface area contributed by atoms with Crippen molar-refractivity contribution < 1.29 is 31.1 Å². The summed E-state index contributed by atoms with van der Waals surface area (Å²) in [6.45, 7) is 2.25. The summed E-state index contributed by atoms with van der Waals surface area (Å²) in [5.41, 5.74) is 11.4. The number of fused-ring (bicyclic) bond motifs is 2. The van der Waals surface area contributed by atoms with Crippen LogP contribution in [0.4, 0.5) is 5.95 Å². The van der Waals surface area contributed by atoms with Gasteiger partial charge in [-0.3, -0.25) is 20.2 Å². The molecule has 2 amide bonds. The van der Waals surface area contributed by atoms with Crippen molar-refractivity contribution in [2.45, 2.75) is 77.3 Å². The van der Waals surface area contributed by atoms with Crippen molar-refractivity contribution >= 4 is 28.8 Å². The lowest BCUT2D eigenvalue weighted by Crippen LogP contribution is -3.00. The van der Waals surface area contributed by atoms with E-state index < -0.39 is 0 Å². The van der Waals surface area contributed by atoms with Crippen LogP contribution in [0, 0.1) is 0 Å². The van der Waals surface area contributed by atoms with E-state index in [1.54, 1.807) is 12.1 Å². The SMILES string of the molecule is Nc1n(CCCCCCCCCCCCN2C(=O)c3ccccc3C2=O)c2ccccc2[n+]1Cc1ccccc1.[Br-]. The molecule has 0 atom stereocenters. The number of imide groups is 1. The standard InChI is InChI=1S/C34H40N4O2.BrH/c35-34-36(30-22-14-15-23-31(30)38(34)26-27-18-10-9-11-19-27)24-16-7-5-3-1-2-4-6-8-17-25-37-32(39)28-20-12-13-21-29(28)33(37)40;/h9-15,18-23,35H,1-8,16-17,24-26H2;1H. The second-order valence-corrected chi connectivity index (χ2v) is 10.9. The van der Waals surface area contributed by atoms with E-state index in [9.17, 15) is 9.59 Å². The van der Waals surface area contributed by atoms with Crippen LogP contribution in [0.25, 0.3) is 11.0 Å². The van der Waals surface area contributed by atoms with E-state index in [4.69, 9.17) is 5.73 Å². The van der Waals surface area contributed by atoms with Crippen LogP contribution in [-0.4, -0.2) is 27.8 Å².